The summed E-state index contributed by atoms with van der Waals surface area (Å²) < 4.78 is 1.88. The van der Waals surface area contributed by atoms with Gasteiger partial charge in [0.25, 0.3) is 5.91 Å². The van der Waals surface area contributed by atoms with Gasteiger partial charge in [0.05, 0.1) is 17.5 Å². The molecule has 1 heterocycles. The molecule has 0 saturated carbocycles. The molecule has 0 saturated heterocycles. The minimum Gasteiger partial charge on any atom is -0.331 e. The maximum atomic E-state index is 12.3. The Hall–Kier alpha value is -3.67. The van der Waals surface area contributed by atoms with Crippen LogP contribution in [0.15, 0.2) is 66.7 Å². The molecule has 2 amide bonds. The van der Waals surface area contributed by atoms with Gasteiger partial charge in [-0.2, -0.15) is 0 Å². The largest absolute Gasteiger partial charge is 0.331 e. The third-order valence-electron chi connectivity index (χ3n) is 4.53. The summed E-state index contributed by atoms with van der Waals surface area (Å²) in [6.45, 7) is 0. The normalized spacial score (nSPS) is 10.9. The average molecular weight is 358 g/mol. The molecule has 6 nitrogen and oxygen atoms in total. The zero-order valence-electron chi connectivity index (χ0n) is 14.8. The molecule has 0 atom stereocenters. The highest BCUT2D eigenvalue weighted by Gasteiger charge is 2.13. The second kappa shape index (κ2) is 6.92. The Labute approximate surface area is 155 Å². The molecular weight excluding hydrogens is 340 g/mol. The number of benzene rings is 3. The minimum atomic E-state index is -0.362. The molecule has 0 spiro atoms. The number of rotatable bonds is 3. The van der Waals surface area contributed by atoms with E-state index in [9.17, 15) is 9.59 Å². The number of fused-ring (bicyclic) bond motifs is 2. The number of imidazole rings is 1. The van der Waals surface area contributed by atoms with Gasteiger partial charge in [-0.05, 0) is 35.0 Å². The molecule has 4 aromatic rings. The Kier molecular flexibility index (Phi) is 4.30. The molecule has 134 valence electrons. The van der Waals surface area contributed by atoms with E-state index in [1.807, 2.05) is 66.2 Å². The van der Waals surface area contributed by atoms with Gasteiger partial charge in [0, 0.05) is 12.6 Å². The SMILES string of the molecule is Cn1c(CC(=O)NNC(=O)c2ccc3ccccc3c2)nc2ccccc21. The van der Waals surface area contributed by atoms with Crippen LogP contribution in [0.1, 0.15) is 16.2 Å². The van der Waals surface area contributed by atoms with Crippen molar-refractivity contribution >= 4 is 33.6 Å². The van der Waals surface area contributed by atoms with Gasteiger partial charge in [-0.15, -0.1) is 0 Å². The first kappa shape index (κ1) is 16.8. The molecule has 1 aromatic heterocycles. The molecular formula is C21H18N4O2. The van der Waals surface area contributed by atoms with Crippen LogP contribution in [-0.2, 0) is 18.3 Å². The molecule has 0 bridgehead atoms. The summed E-state index contributed by atoms with van der Waals surface area (Å²) in [6, 6.07) is 20.9. The Morgan fingerprint density at radius 3 is 2.48 bits per heavy atom. The molecule has 3 aromatic carbocycles. The summed E-state index contributed by atoms with van der Waals surface area (Å²) in [5.74, 6) is -0.0599. The van der Waals surface area contributed by atoms with Crippen molar-refractivity contribution in [3.05, 3.63) is 78.1 Å². The molecule has 0 fully saturated rings. The van der Waals surface area contributed by atoms with Crippen molar-refractivity contribution in [1.82, 2.24) is 20.4 Å². The number of hydrogen-bond donors (Lipinski definition) is 2. The highest BCUT2D eigenvalue weighted by Crippen LogP contribution is 2.16. The Morgan fingerprint density at radius 1 is 0.926 bits per heavy atom. The highest BCUT2D eigenvalue weighted by atomic mass is 16.2. The summed E-state index contributed by atoms with van der Waals surface area (Å²) >= 11 is 0. The third-order valence-corrected chi connectivity index (χ3v) is 4.53. The summed E-state index contributed by atoms with van der Waals surface area (Å²) in [5, 5.41) is 2.02. The molecule has 0 unspecified atom stereocenters. The number of carbonyl (C=O) groups excluding carboxylic acids is 2. The van der Waals surface area contributed by atoms with Gasteiger partial charge in [0.2, 0.25) is 5.91 Å². The average Bonchev–Trinajstić information content (AvgIpc) is 3.01. The molecule has 0 aliphatic heterocycles. The lowest BCUT2D eigenvalue weighted by atomic mass is 10.1. The van der Waals surface area contributed by atoms with E-state index in [0.29, 0.717) is 11.4 Å². The predicted octanol–water partition coefficient (Wildman–Crippen LogP) is 2.73. The first-order valence-corrected chi connectivity index (χ1v) is 8.60. The Bertz CT molecular complexity index is 1160. The maximum Gasteiger partial charge on any atom is 0.269 e. The smallest absolute Gasteiger partial charge is 0.269 e. The highest BCUT2D eigenvalue weighted by molar-refractivity contribution is 5.99. The van der Waals surface area contributed by atoms with Crippen LogP contribution in [0.4, 0.5) is 0 Å². The van der Waals surface area contributed by atoms with Crippen LogP contribution in [0.5, 0.6) is 0 Å². The molecule has 27 heavy (non-hydrogen) atoms. The molecule has 0 radical (unpaired) electrons. The van der Waals surface area contributed by atoms with Crippen molar-refractivity contribution < 1.29 is 9.59 Å². The van der Waals surface area contributed by atoms with Crippen LogP contribution in [-0.4, -0.2) is 21.4 Å². The zero-order chi connectivity index (χ0) is 18.8. The number of hydrazine groups is 1. The maximum absolute atomic E-state index is 12.3. The lowest BCUT2D eigenvalue weighted by Gasteiger charge is -2.08. The lowest BCUT2D eigenvalue weighted by molar-refractivity contribution is -0.121. The van der Waals surface area contributed by atoms with Crippen molar-refractivity contribution in [3.8, 4) is 0 Å². The van der Waals surface area contributed by atoms with Crippen molar-refractivity contribution in [2.45, 2.75) is 6.42 Å². The van der Waals surface area contributed by atoms with Gasteiger partial charge in [-0.1, -0.05) is 42.5 Å². The van der Waals surface area contributed by atoms with Gasteiger partial charge in [0.15, 0.2) is 0 Å². The summed E-state index contributed by atoms with van der Waals surface area (Å²) in [5.41, 5.74) is 7.20. The number of aryl methyl sites for hydroxylation is 1. The number of amides is 2. The zero-order valence-corrected chi connectivity index (χ0v) is 14.8. The topological polar surface area (TPSA) is 76.0 Å². The third kappa shape index (κ3) is 3.37. The Balaban J connectivity index is 1.42. The van der Waals surface area contributed by atoms with E-state index in [1.165, 1.54) is 0 Å². The van der Waals surface area contributed by atoms with Crippen molar-refractivity contribution in [2.24, 2.45) is 7.05 Å². The van der Waals surface area contributed by atoms with Crippen molar-refractivity contribution in [3.63, 3.8) is 0 Å². The summed E-state index contributed by atoms with van der Waals surface area (Å²) in [6.07, 6.45) is 0.0726. The van der Waals surface area contributed by atoms with Gasteiger partial charge in [-0.3, -0.25) is 20.4 Å². The fourth-order valence-electron chi connectivity index (χ4n) is 3.07. The van der Waals surface area contributed by atoms with Gasteiger partial charge in [0.1, 0.15) is 5.82 Å². The number of aromatic nitrogens is 2. The fraction of sp³-hybridized carbons (Fsp3) is 0.0952. The molecule has 4 rings (SSSR count). The van der Waals surface area contributed by atoms with Crippen LogP contribution in [0.3, 0.4) is 0 Å². The van der Waals surface area contributed by atoms with E-state index in [4.69, 9.17) is 0 Å². The number of nitrogens with zero attached hydrogens (tertiary/aromatic N) is 2. The monoisotopic (exact) mass is 358 g/mol. The standard InChI is InChI=1S/C21H18N4O2/c1-25-18-9-5-4-8-17(18)22-19(25)13-20(26)23-24-21(27)16-11-10-14-6-2-3-7-15(14)12-16/h2-12H,13H2,1H3,(H,23,26)(H,24,27). The van der Waals surface area contributed by atoms with Gasteiger partial charge >= 0.3 is 0 Å². The number of hydrogen-bond acceptors (Lipinski definition) is 3. The quantitative estimate of drug-likeness (QED) is 0.553. The van der Waals surface area contributed by atoms with Crippen molar-refractivity contribution in [1.29, 1.82) is 0 Å². The summed E-state index contributed by atoms with van der Waals surface area (Å²) in [7, 11) is 1.87. The minimum absolute atomic E-state index is 0.0726. The van der Waals surface area contributed by atoms with Crippen LogP contribution >= 0.6 is 0 Å². The van der Waals surface area contributed by atoms with Gasteiger partial charge in [-0.25, -0.2) is 4.98 Å². The van der Waals surface area contributed by atoms with E-state index in [2.05, 4.69) is 15.8 Å². The van der Waals surface area contributed by atoms with E-state index in [1.54, 1.807) is 12.1 Å². The van der Waals surface area contributed by atoms with E-state index < -0.39 is 0 Å². The number of nitrogens with one attached hydrogen (secondary N) is 2. The predicted molar refractivity (Wildman–Crippen MR) is 104 cm³/mol. The second-order valence-electron chi connectivity index (χ2n) is 6.32. The number of para-hydroxylation sites is 2. The Morgan fingerprint density at radius 2 is 1.67 bits per heavy atom. The van der Waals surface area contributed by atoms with Crippen molar-refractivity contribution in [2.75, 3.05) is 0 Å². The fourth-order valence-corrected chi connectivity index (χ4v) is 3.07. The van der Waals surface area contributed by atoms with Crippen LogP contribution in [0, 0.1) is 0 Å². The molecule has 2 N–H and O–H groups in total. The van der Waals surface area contributed by atoms with Crippen LogP contribution < -0.4 is 10.9 Å². The lowest BCUT2D eigenvalue weighted by Crippen LogP contribution is -2.42. The van der Waals surface area contributed by atoms with Crippen LogP contribution in [0.25, 0.3) is 21.8 Å². The number of carbonyl (C=O) groups is 2. The second-order valence-corrected chi connectivity index (χ2v) is 6.32. The molecule has 6 heteroatoms. The van der Waals surface area contributed by atoms with E-state index in [0.717, 1.165) is 21.8 Å². The molecule has 0 aliphatic carbocycles. The summed E-state index contributed by atoms with van der Waals surface area (Å²) in [4.78, 5) is 29.0. The molecule has 0 aliphatic rings. The first-order chi connectivity index (χ1) is 13.1. The van der Waals surface area contributed by atoms with Gasteiger partial charge < -0.3 is 4.57 Å². The van der Waals surface area contributed by atoms with E-state index >= 15 is 0 Å². The van der Waals surface area contributed by atoms with Crippen LogP contribution in [0.2, 0.25) is 0 Å². The first-order valence-electron chi connectivity index (χ1n) is 8.60. The van der Waals surface area contributed by atoms with E-state index in [-0.39, 0.29) is 18.2 Å².